The Hall–Kier alpha value is 0.120. The Morgan fingerprint density at radius 1 is 1.33 bits per heavy atom. The van der Waals surface area contributed by atoms with Crippen LogP contribution in [0.4, 0.5) is 0 Å². The molecule has 2 saturated heterocycles. The summed E-state index contributed by atoms with van der Waals surface area (Å²) in [5.41, 5.74) is 0. The summed E-state index contributed by atoms with van der Waals surface area (Å²) in [6.07, 6.45) is 3.30. The zero-order chi connectivity index (χ0) is 12.3. The van der Waals surface area contributed by atoms with Gasteiger partial charge in [0.15, 0.2) is 0 Å². The Bertz CT molecular complexity index is 344. The summed E-state index contributed by atoms with van der Waals surface area (Å²) >= 11 is 0. The highest BCUT2D eigenvalue weighted by Gasteiger charge is 2.31. The summed E-state index contributed by atoms with van der Waals surface area (Å²) in [6.45, 7) is 4.01. The van der Waals surface area contributed by atoms with Crippen LogP contribution < -0.4 is 10.0 Å². The van der Waals surface area contributed by atoms with E-state index in [-0.39, 0.29) is 23.7 Å². The first-order chi connectivity index (χ1) is 8.08. The molecule has 0 aromatic heterocycles. The number of hydrogen-bond acceptors (Lipinski definition) is 4. The van der Waals surface area contributed by atoms with Crippen LogP contribution in [-0.4, -0.2) is 45.5 Å². The minimum absolute atomic E-state index is 0. The van der Waals surface area contributed by atoms with E-state index in [4.69, 9.17) is 4.74 Å². The zero-order valence-corrected chi connectivity index (χ0v) is 12.4. The van der Waals surface area contributed by atoms with Crippen molar-refractivity contribution >= 4 is 22.4 Å². The molecule has 108 valence electrons. The van der Waals surface area contributed by atoms with E-state index in [1.807, 2.05) is 0 Å². The summed E-state index contributed by atoms with van der Waals surface area (Å²) in [5.74, 6) is 0. The lowest BCUT2D eigenvalue weighted by molar-refractivity contribution is 0.0986. The Balaban J connectivity index is 0.00000162. The zero-order valence-electron chi connectivity index (χ0n) is 10.7. The van der Waals surface area contributed by atoms with Crippen LogP contribution in [0.2, 0.25) is 0 Å². The maximum atomic E-state index is 12.1. The van der Waals surface area contributed by atoms with Crippen molar-refractivity contribution in [2.45, 2.75) is 49.9 Å². The highest BCUT2D eigenvalue weighted by molar-refractivity contribution is 7.90. The molecule has 5 nitrogen and oxygen atoms in total. The van der Waals surface area contributed by atoms with Gasteiger partial charge in [0.2, 0.25) is 10.0 Å². The highest BCUT2D eigenvalue weighted by Crippen LogP contribution is 2.16. The van der Waals surface area contributed by atoms with Crippen molar-refractivity contribution in [3.8, 4) is 0 Å². The second-order valence-corrected chi connectivity index (χ2v) is 7.07. The summed E-state index contributed by atoms with van der Waals surface area (Å²) in [4.78, 5) is 0. The third-order valence-electron chi connectivity index (χ3n) is 3.51. The van der Waals surface area contributed by atoms with Crippen LogP contribution in [0, 0.1) is 0 Å². The Kier molecular flexibility index (Phi) is 6.34. The number of hydrogen-bond donors (Lipinski definition) is 2. The van der Waals surface area contributed by atoms with E-state index < -0.39 is 10.0 Å². The molecule has 2 aliphatic heterocycles. The van der Waals surface area contributed by atoms with Crippen LogP contribution in [-0.2, 0) is 14.8 Å². The van der Waals surface area contributed by atoms with Gasteiger partial charge in [-0.2, -0.15) is 0 Å². The van der Waals surface area contributed by atoms with Gasteiger partial charge in [-0.3, -0.25) is 0 Å². The van der Waals surface area contributed by atoms with E-state index in [1.54, 1.807) is 0 Å². The van der Waals surface area contributed by atoms with Gasteiger partial charge in [-0.05, 0) is 39.2 Å². The van der Waals surface area contributed by atoms with Gasteiger partial charge < -0.3 is 10.1 Å². The van der Waals surface area contributed by atoms with E-state index in [0.717, 1.165) is 32.2 Å². The van der Waals surface area contributed by atoms with Crippen LogP contribution in [0.1, 0.15) is 32.6 Å². The molecule has 2 heterocycles. The lowest BCUT2D eigenvalue weighted by atomic mass is 10.0. The third-order valence-corrected chi connectivity index (χ3v) is 5.42. The van der Waals surface area contributed by atoms with Crippen molar-refractivity contribution in [2.24, 2.45) is 0 Å². The first kappa shape index (κ1) is 16.2. The minimum Gasteiger partial charge on any atom is -0.380 e. The number of ether oxygens (including phenoxy) is 1. The maximum absolute atomic E-state index is 12.1. The van der Waals surface area contributed by atoms with Gasteiger partial charge >= 0.3 is 0 Å². The van der Waals surface area contributed by atoms with Gasteiger partial charge in [0.25, 0.3) is 0 Å². The first-order valence-electron chi connectivity index (χ1n) is 6.40. The van der Waals surface area contributed by atoms with E-state index in [1.165, 1.54) is 0 Å². The molecule has 2 N–H and O–H groups in total. The summed E-state index contributed by atoms with van der Waals surface area (Å²) < 4.78 is 32.4. The Labute approximate surface area is 116 Å². The predicted molar refractivity (Wildman–Crippen MR) is 73.6 cm³/mol. The largest absolute Gasteiger partial charge is 0.380 e. The second-order valence-electron chi connectivity index (χ2n) is 5.08. The molecule has 2 aliphatic rings. The second kappa shape index (κ2) is 7.05. The molecule has 3 atom stereocenters. The van der Waals surface area contributed by atoms with Crippen LogP contribution in [0.15, 0.2) is 0 Å². The predicted octanol–water partition coefficient (Wildman–Crippen LogP) is 0.647. The quantitative estimate of drug-likeness (QED) is 0.803. The molecule has 0 saturated carbocycles. The fourth-order valence-corrected chi connectivity index (χ4v) is 4.15. The Morgan fingerprint density at radius 2 is 2.11 bits per heavy atom. The normalized spacial score (nSPS) is 33.7. The molecular formula is C11H23ClN2O3S. The van der Waals surface area contributed by atoms with Gasteiger partial charge in [-0.25, -0.2) is 13.1 Å². The molecule has 0 aromatic carbocycles. The molecule has 7 heteroatoms. The lowest BCUT2D eigenvalue weighted by Gasteiger charge is -2.30. The first-order valence-corrected chi connectivity index (χ1v) is 7.95. The summed E-state index contributed by atoms with van der Waals surface area (Å²) in [7, 11) is -3.21. The van der Waals surface area contributed by atoms with Crippen LogP contribution in [0.5, 0.6) is 0 Å². The molecule has 2 fully saturated rings. The molecule has 0 spiro atoms. The summed E-state index contributed by atoms with van der Waals surface area (Å²) in [6, 6.07) is 0.470. The molecule has 2 rings (SSSR count). The van der Waals surface area contributed by atoms with Crippen molar-refractivity contribution in [3.05, 3.63) is 0 Å². The number of sulfonamides is 1. The molecule has 3 unspecified atom stereocenters. The summed E-state index contributed by atoms with van der Waals surface area (Å²) in [5, 5.41) is 2.96. The Morgan fingerprint density at radius 3 is 2.72 bits per heavy atom. The molecule has 0 aromatic rings. The topological polar surface area (TPSA) is 67.4 Å². The van der Waals surface area contributed by atoms with Crippen molar-refractivity contribution in [1.82, 2.24) is 10.0 Å². The average Bonchev–Trinajstić information content (AvgIpc) is 2.29. The standard InChI is InChI=1S/C11H22N2O3S.ClH/c1-9-7-10(4-5-12-9)13-17(14,15)11-3-2-6-16-8-11;/h9-13H,2-8H2,1H3;1H. The molecule has 0 radical (unpaired) electrons. The highest BCUT2D eigenvalue weighted by atomic mass is 35.5. The van der Waals surface area contributed by atoms with Gasteiger partial charge in [-0.1, -0.05) is 0 Å². The van der Waals surface area contributed by atoms with Crippen molar-refractivity contribution in [3.63, 3.8) is 0 Å². The molecule has 0 aliphatic carbocycles. The number of piperidine rings is 1. The molecule has 18 heavy (non-hydrogen) atoms. The van der Waals surface area contributed by atoms with Crippen molar-refractivity contribution < 1.29 is 13.2 Å². The van der Waals surface area contributed by atoms with Gasteiger partial charge in [0, 0.05) is 18.7 Å². The maximum Gasteiger partial charge on any atom is 0.217 e. The van der Waals surface area contributed by atoms with Crippen molar-refractivity contribution in [1.29, 1.82) is 0 Å². The lowest BCUT2D eigenvalue weighted by Crippen LogP contribution is -2.50. The fraction of sp³-hybridized carbons (Fsp3) is 1.00. The number of halogens is 1. The average molecular weight is 299 g/mol. The van der Waals surface area contributed by atoms with E-state index in [0.29, 0.717) is 19.3 Å². The monoisotopic (exact) mass is 298 g/mol. The fourth-order valence-electron chi connectivity index (χ4n) is 2.52. The molecule has 0 amide bonds. The van der Waals surface area contributed by atoms with Gasteiger partial charge in [-0.15, -0.1) is 12.4 Å². The van der Waals surface area contributed by atoms with Gasteiger partial charge in [0.05, 0.1) is 11.9 Å². The molecular weight excluding hydrogens is 276 g/mol. The SMILES string of the molecule is CC1CC(NS(=O)(=O)C2CCCOC2)CCN1.Cl. The minimum atomic E-state index is -3.21. The van der Waals surface area contributed by atoms with Crippen LogP contribution in [0.3, 0.4) is 0 Å². The third kappa shape index (κ3) is 4.35. The van der Waals surface area contributed by atoms with E-state index in [9.17, 15) is 8.42 Å². The number of nitrogens with one attached hydrogen (secondary N) is 2. The van der Waals surface area contributed by atoms with Crippen molar-refractivity contribution in [2.75, 3.05) is 19.8 Å². The van der Waals surface area contributed by atoms with Gasteiger partial charge in [0.1, 0.15) is 0 Å². The smallest absolute Gasteiger partial charge is 0.217 e. The number of rotatable bonds is 3. The van der Waals surface area contributed by atoms with Crippen LogP contribution in [0.25, 0.3) is 0 Å². The van der Waals surface area contributed by atoms with E-state index in [2.05, 4.69) is 17.0 Å². The van der Waals surface area contributed by atoms with E-state index >= 15 is 0 Å². The van der Waals surface area contributed by atoms with Crippen LogP contribution >= 0.6 is 12.4 Å². The molecule has 0 bridgehead atoms.